The van der Waals surface area contributed by atoms with E-state index in [4.69, 9.17) is 4.74 Å². The molecule has 0 aliphatic heterocycles. The highest BCUT2D eigenvalue weighted by Gasteiger charge is 2.27. The number of allylic oxidation sites excluding steroid dienone is 2. The van der Waals surface area contributed by atoms with Crippen LogP contribution >= 0.6 is 0 Å². The molecule has 0 spiro atoms. The normalized spacial score (nSPS) is 15.9. The van der Waals surface area contributed by atoms with Gasteiger partial charge in [0.25, 0.3) is 0 Å². The number of aliphatic hydroxyl groups excluding tert-OH is 1. The molecule has 0 unspecified atom stereocenters. The summed E-state index contributed by atoms with van der Waals surface area (Å²) in [4.78, 5) is 38.4. The first-order chi connectivity index (χ1) is 18.9. The van der Waals surface area contributed by atoms with Crippen molar-refractivity contribution < 1.29 is 24.2 Å². The number of rotatable bonds is 19. The number of unbranched alkanes of at least 4 members (excludes halogenated alkanes) is 2. The fourth-order valence-electron chi connectivity index (χ4n) is 5.19. The molecule has 0 radical (unpaired) electrons. The van der Waals surface area contributed by atoms with Gasteiger partial charge in [0.1, 0.15) is 6.61 Å². The third kappa shape index (κ3) is 13.6. The summed E-state index contributed by atoms with van der Waals surface area (Å²) >= 11 is 0. The van der Waals surface area contributed by atoms with E-state index in [0.29, 0.717) is 25.2 Å². The summed E-state index contributed by atoms with van der Waals surface area (Å²) in [6, 6.07) is 8.92. The molecule has 0 saturated heterocycles. The molecule has 39 heavy (non-hydrogen) atoms. The molecule has 3 N–H and O–H groups in total. The summed E-state index contributed by atoms with van der Waals surface area (Å²) in [6.45, 7) is 7.42. The van der Waals surface area contributed by atoms with Gasteiger partial charge in [-0.15, -0.1) is 13.2 Å². The lowest BCUT2D eigenvalue weighted by atomic mass is 9.84. The highest BCUT2D eigenvalue weighted by Crippen LogP contribution is 2.27. The molecule has 0 aromatic heterocycles. The van der Waals surface area contributed by atoms with E-state index in [-0.39, 0.29) is 43.5 Å². The van der Waals surface area contributed by atoms with E-state index in [1.807, 2.05) is 36.4 Å². The van der Waals surface area contributed by atoms with Crippen LogP contribution in [0.4, 0.5) is 0 Å². The monoisotopic (exact) mass is 540 g/mol. The number of aliphatic hydroxyl groups is 1. The van der Waals surface area contributed by atoms with Crippen LogP contribution in [-0.2, 0) is 25.5 Å². The van der Waals surface area contributed by atoms with Crippen molar-refractivity contribution in [1.82, 2.24) is 10.6 Å². The minimum atomic E-state index is -0.595. The summed E-state index contributed by atoms with van der Waals surface area (Å²) in [5.74, 6) is -0.891. The Labute approximate surface area is 234 Å². The number of esters is 1. The molecule has 7 heteroatoms. The maximum atomic E-state index is 13.3. The van der Waals surface area contributed by atoms with Crippen molar-refractivity contribution in [3.05, 3.63) is 61.2 Å². The Bertz CT molecular complexity index is 882. The van der Waals surface area contributed by atoms with Crippen LogP contribution in [0, 0.1) is 11.8 Å². The Morgan fingerprint density at radius 2 is 1.74 bits per heavy atom. The Kier molecular flexibility index (Phi) is 15.9. The number of amides is 2. The van der Waals surface area contributed by atoms with Crippen molar-refractivity contribution in [2.75, 3.05) is 13.2 Å². The molecule has 216 valence electrons. The fourth-order valence-corrected chi connectivity index (χ4v) is 5.19. The molecule has 1 saturated carbocycles. The first-order valence-electron chi connectivity index (χ1n) is 14.6. The number of hydrogen-bond donors (Lipinski definition) is 3. The van der Waals surface area contributed by atoms with E-state index in [1.54, 1.807) is 6.08 Å². The molecule has 1 aromatic carbocycles. The molecule has 1 aromatic rings. The van der Waals surface area contributed by atoms with E-state index < -0.39 is 12.0 Å². The molecule has 3 atom stereocenters. The lowest BCUT2D eigenvalue weighted by Gasteiger charge is -2.28. The second-order valence-electron chi connectivity index (χ2n) is 10.7. The van der Waals surface area contributed by atoms with E-state index >= 15 is 0 Å². The van der Waals surface area contributed by atoms with Crippen LogP contribution in [0.1, 0.15) is 82.6 Å². The van der Waals surface area contributed by atoms with Gasteiger partial charge < -0.3 is 20.5 Å². The molecule has 0 bridgehead atoms. The van der Waals surface area contributed by atoms with Gasteiger partial charge in [-0.2, -0.15) is 0 Å². The zero-order chi connectivity index (χ0) is 28.3. The van der Waals surface area contributed by atoms with Crippen LogP contribution in [0.5, 0.6) is 0 Å². The van der Waals surface area contributed by atoms with Gasteiger partial charge in [0.2, 0.25) is 11.8 Å². The molecular formula is C32H48N2O5. The number of carbonyl (C=O) groups is 3. The summed E-state index contributed by atoms with van der Waals surface area (Å²) < 4.78 is 5.56. The summed E-state index contributed by atoms with van der Waals surface area (Å²) in [6.07, 6.45) is 13.8. The van der Waals surface area contributed by atoms with Crippen LogP contribution < -0.4 is 10.6 Å². The van der Waals surface area contributed by atoms with Crippen LogP contribution in [0.3, 0.4) is 0 Å². The van der Waals surface area contributed by atoms with Gasteiger partial charge in [0.15, 0.2) is 0 Å². The van der Waals surface area contributed by atoms with Gasteiger partial charge in [0.05, 0.1) is 24.6 Å². The van der Waals surface area contributed by atoms with Crippen molar-refractivity contribution in [3.63, 3.8) is 0 Å². The van der Waals surface area contributed by atoms with Crippen LogP contribution in [-0.4, -0.2) is 48.2 Å². The van der Waals surface area contributed by atoms with Gasteiger partial charge >= 0.3 is 5.97 Å². The number of hydrogen-bond acceptors (Lipinski definition) is 5. The Morgan fingerprint density at radius 1 is 1.00 bits per heavy atom. The zero-order valence-corrected chi connectivity index (χ0v) is 23.5. The summed E-state index contributed by atoms with van der Waals surface area (Å²) in [7, 11) is 0. The SMILES string of the molecule is C=CCCCCC(=O)OC[C@H](CC1CCCCC1)NC(=O)[C@H](CC=C)CC(=O)N[C@H](CO)Cc1ccccc1. The topological polar surface area (TPSA) is 105 Å². The van der Waals surface area contributed by atoms with Crippen molar-refractivity contribution in [1.29, 1.82) is 0 Å². The second-order valence-corrected chi connectivity index (χ2v) is 10.7. The average Bonchev–Trinajstić information content (AvgIpc) is 2.94. The number of ether oxygens (including phenoxy) is 1. The maximum Gasteiger partial charge on any atom is 0.305 e. The van der Waals surface area contributed by atoms with Crippen molar-refractivity contribution in [2.24, 2.45) is 11.8 Å². The number of benzene rings is 1. The molecule has 1 fully saturated rings. The largest absolute Gasteiger partial charge is 0.463 e. The summed E-state index contributed by atoms with van der Waals surface area (Å²) in [5.41, 5.74) is 1.01. The third-order valence-corrected chi connectivity index (χ3v) is 7.34. The lowest BCUT2D eigenvalue weighted by Crippen LogP contribution is -2.45. The lowest BCUT2D eigenvalue weighted by molar-refractivity contribution is -0.145. The number of nitrogens with one attached hydrogen (secondary N) is 2. The second kappa shape index (κ2) is 19.2. The standard InChI is InChI=1S/C32H48N2O5/c1-3-5-6-13-19-31(37)39-24-29(21-26-17-11-8-12-18-26)34-32(38)27(14-4-2)22-30(36)33-28(23-35)20-25-15-9-7-10-16-25/h3-4,7,9-10,15-16,26-29,35H,1-2,5-6,8,11-14,17-24H2,(H,33,36)(H,34,38)/t27-,28+,29+/m1/s1. The first-order valence-corrected chi connectivity index (χ1v) is 14.6. The Hall–Kier alpha value is -2.93. The Balaban J connectivity index is 1.95. The average molecular weight is 541 g/mol. The van der Waals surface area contributed by atoms with E-state index in [9.17, 15) is 19.5 Å². The van der Waals surface area contributed by atoms with Crippen LogP contribution in [0.2, 0.25) is 0 Å². The molecular weight excluding hydrogens is 492 g/mol. The smallest absolute Gasteiger partial charge is 0.305 e. The van der Waals surface area contributed by atoms with E-state index in [0.717, 1.165) is 44.1 Å². The van der Waals surface area contributed by atoms with Gasteiger partial charge in [-0.05, 0) is 50.0 Å². The van der Waals surface area contributed by atoms with Gasteiger partial charge in [-0.25, -0.2) is 0 Å². The van der Waals surface area contributed by atoms with Crippen molar-refractivity contribution in [3.8, 4) is 0 Å². The highest BCUT2D eigenvalue weighted by atomic mass is 16.5. The Morgan fingerprint density at radius 3 is 2.41 bits per heavy atom. The number of carbonyl (C=O) groups excluding carboxylic acids is 3. The molecule has 0 heterocycles. The van der Waals surface area contributed by atoms with Crippen LogP contribution in [0.25, 0.3) is 0 Å². The molecule has 2 rings (SSSR count). The fraction of sp³-hybridized carbons (Fsp3) is 0.594. The highest BCUT2D eigenvalue weighted by molar-refractivity contribution is 5.86. The minimum Gasteiger partial charge on any atom is -0.463 e. The zero-order valence-electron chi connectivity index (χ0n) is 23.5. The van der Waals surface area contributed by atoms with Gasteiger partial charge in [-0.1, -0.05) is 74.6 Å². The molecule has 2 amide bonds. The molecule has 1 aliphatic carbocycles. The van der Waals surface area contributed by atoms with Crippen LogP contribution in [0.15, 0.2) is 55.6 Å². The van der Waals surface area contributed by atoms with Crippen molar-refractivity contribution >= 4 is 17.8 Å². The summed E-state index contributed by atoms with van der Waals surface area (Å²) in [5, 5.41) is 15.7. The van der Waals surface area contributed by atoms with E-state index in [2.05, 4.69) is 23.8 Å². The predicted molar refractivity (Wildman–Crippen MR) is 155 cm³/mol. The molecule has 1 aliphatic rings. The third-order valence-electron chi connectivity index (χ3n) is 7.34. The first kappa shape index (κ1) is 32.3. The minimum absolute atomic E-state index is 0.0115. The quantitative estimate of drug-likeness (QED) is 0.130. The predicted octanol–water partition coefficient (Wildman–Crippen LogP) is 5.03. The molecule has 7 nitrogen and oxygen atoms in total. The van der Waals surface area contributed by atoms with Gasteiger partial charge in [-0.3, -0.25) is 14.4 Å². The van der Waals surface area contributed by atoms with E-state index in [1.165, 1.54) is 19.3 Å². The van der Waals surface area contributed by atoms with Crippen molar-refractivity contribution in [2.45, 2.75) is 95.6 Å². The van der Waals surface area contributed by atoms with Gasteiger partial charge in [0, 0.05) is 12.8 Å². The maximum absolute atomic E-state index is 13.3.